The van der Waals surface area contributed by atoms with E-state index < -0.39 is 0 Å². The van der Waals surface area contributed by atoms with E-state index in [0.717, 1.165) is 28.2 Å². The molecule has 3 aromatic rings. The number of ether oxygens (including phenoxy) is 1. The smallest absolute Gasteiger partial charge is 0.138 e. The van der Waals surface area contributed by atoms with Gasteiger partial charge >= 0.3 is 0 Å². The molecule has 1 atom stereocenters. The second-order valence-electron chi connectivity index (χ2n) is 5.27. The van der Waals surface area contributed by atoms with Crippen LogP contribution < -0.4 is 10.1 Å². The summed E-state index contributed by atoms with van der Waals surface area (Å²) in [7, 11) is 1.64. The zero-order chi connectivity index (χ0) is 16.4. The number of rotatable bonds is 4. The first-order valence-corrected chi connectivity index (χ1v) is 7.65. The molecular weight excluding hydrogens is 312 g/mol. The average Bonchev–Trinajstić information content (AvgIpc) is 2.55. The van der Waals surface area contributed by atoms with E-state index in [0.29, 0.717) is 10.8 Å². The van der Waals surface area contributed by atoms with Crippen molar-refractivity contribution < 1.29 is 4.74 Å². The van der Waals surface area contributed by atoms with Crippen LogP contribution in [0.15, 0.2) is 36.5 Å². The fourth-order valence-corrected chi connectivity index (χ4v) is 2.49. The maximum atomic E-state index is 5.89. The molecule has 0 radical (unpaired) electrons. The molecule has 0 aliphatic rings. The fraction of sp³-hybridized carbons (Fsp3) is 0.235. The zero-order valence-corrected chi connectivity index (χ0v) is 13.9. The Morgan fingerprint density at radius 3 is 2.70 bits per heavy atom. The van der Waals surface area contributed by atoms with Gasteiger partial charge in [-0.3, -0.25) is 4.98 Å². The molecule has 1 aromatic carbocycles. The van der Waals surface area contributed by atoms with Crippen LogP contribution in [0.2, 0.25) is 5.02 Å². The number of aryl methyl sites for hydroxylation is 1. The second kappa shape index (κ2) is 6.38. The third-order valence-electron chi connectivity index (χ3n) is 3.56. The number of halogens is 1. The van der Waals surface area contributed by atoms with Crippen molar-refractivity contribution in [3.8, 4) is 5.75 Å². The van der Waals surface area contributed by atoms with Crippen molar-refractivity contribution in [3.63, 3.8) is 0 Å². The molecule has 0 spiro atoms. The van der Waals surface area contributed by atoms with Crippen molar-refractivity contribution in [2.75, 3.05) is 12.4 Å². The van der Waals surface area contributed by atoms with Crippen molar-refractivity contribution in [1.82, 2.24) is 15.0 Å². The molecule has 0 aliphatic carbocycles. The Morgan fingerprint density at radius 1 is 1.17 bits per heavy atom. The van der Waals surface area contributed by atoms with E-state index in [1.165, 1.54) is 0 Å². The van der Waals surface area contributed by atoms with Gasteiger partial charge < -0.3 is 10.1 Å². The Balaban J connectivity index is 1.99. The fourth-order valence-electron chi connectivity index (χ4n) is 2.38. The maximum absolute atomic E-state index is 5.89. The van der Waals surface area contributed by atoms with Crippen molar-refractivity contribution >= 4 is 28.3 Å². The summed E-state index contributed by atoms with van der Waals surface area (Å²) >= 11 is 5.89. The van der Waals surface area contributed by atoms with Crippen molar-refractivity contribution in [2.24, 2.45) is 0 Å². The highest BCUT2D eigenvalue weighted by Gasteiger charge is 2.12. The lowest BCUT2D eigenvalue weighted by molar-refractivity contribution is 0.415. The quantitative estimate of drug-likeness (QED) is 0.779. The normalized spacial score (nSPS) is 12.2. The van der Waals surface area contributed by atoms with E-state index in [2.05, 4.69) is 20.3 Å². The van der Waals surface area contributed by atoms with E-state index in [-0.39, 0.29) is 6.04 Å². The lowest BCUT2D eigenvalue weighted by Gasteiger charge is -2.16. The summed E-state index contributed by atoms with van der Waals surface area (Å²) in [5.74, 6) is 2.24. The predicted octanol–water partition coefficient (Wildman–Crippen LogP) is 4.17. The summed E-state index contributed by atoms with van der Waals surface area (Å²) < 4.78 is 5.30. The number of fused-ring (bicyclic) bond motifs is 1. The van der Waals surface area contributed by atoms with Gasteiger partial charge in [0, 0.05) is 11.6 Å². The van der Waals surface area contributed by atoms with Gasteiger partial charge in [-0.2, -0.15) is 0 Å². The maximum Gasteiger partial charge on any atom is 0.138 e. The molecule has 2 aromatic heterocycles. The molecule has 0 bridgehead atoms. The Kier molecular flexibility index (Phi) is 4.30. The van der Waals surface area contributed by atoms with Gasteiger partial charge in [0.1, 0.15) is 17.4 Å². The van der Waals surface area contributed by atoms with Crippen LogP contribution in [0.4, 0.5) is 5.82 Å². The predicted molar refractivity (Wildman–Crippen MR) is 92.1 cm³/mol. The van der Waals surface area contributed by atoms with Crippen LogP contribution in [0.25, 0.3) is 10.9 Å². The van der Waals surface area contributed by atoms with Crippen LogP contribution in [0.5, 0.6) is 5.75 Å². The molecule has 0 saturated carbocycles. The first-order chi connectivity index (χ1) is 11.1. The monoisotopic (exact) mass is 328 g/mol. The molecule has 1 N–H and O–H groups in total. The highest BCUT2D eigenvalue weighted by Crippen LogP contribution is 2.27. The number of nitrogens with one attached hydrogen (secondary N) is 1. The van der Waals surface area contributed by atoms with Gasteiger partial charge in [-0.15, -0.1) is 0 Å². The van der Waals surface area contributed by atoms with Gasteiger partial charge in [0.15, 0.2) is 0 Å². The Labute approximate surface area is 139 Å². The van der Waals surface area contributed by atoms with Crippen LogP contribution in [0.1, 0.15) is 24.5 Å². The molecular formula is C17H17ClN4O. The van der Waals surface area contributed by atoms with Crippen LogP contribution >= 0.6 is 11.6 Å². The topological polar surface area (TPSA) is 59.9 Å². The highest BCUT2D eigenvalue weighted by atomic mass is 35.5. The van der Waals surface area contributed by atoms with Crippen molar-refractivity contribution in [3.05, 3.63) is 53.1 Å². The number of aromatic nitrogens is 3. The van der Waals surface area contributed by atoms with Gasteiger partial charge in [-0.25, -0.2) is 9.97 Å². The third kappa shape index (κ3) is 3.35. The minimum Gasteiger partial charge on any atom is -0.497 e. The van der Waals surface area contributed by atoms with E-state index in [1.807, 2.05) is 44.2 Å². The Morgan fingerprint density at radius 2 is 2.00 bits per heavy atom. The Hall–Kier alpha value is -2.40. The summed E-state index contributed by atoms with van der Waals surface area (Å²) in [5.41, 5.74) is 1.76. The van der Waals surface area contributed by atoms with Gasteiger partial charge in [0.2, 0.25) is 0 Å². The molecule has 0 amide bonds. The van der Waals surface area contributed by atoms with E-state index in [9.17, 15) is 0 Å². The number of hydrogen-bond donors (Lipinski definition) is 1. The molecule has 0 saturated heterocycles. The SMILES string of the molecule is COc1ccc2nc(C)nc(N[C@@H](C)c3ccc(Cl)cn3)c2c1. The lowest BCUT2D eigenvalue weighted by Crippen LogP contribution is -2.11. The summed E-state index contributed by atoms with van der Waals surface area (Å²) in [4.78, 5) is 13.3. The average molecular weight is 329 g/mol. The number of nitrogens with zero attached hydrogens (tertiary/aromatic N) is 3. The molecule has 3 rings (SSSR count). The minimum atomic E-state index is -0.0176. The third-order valence-corrected chi connectivity index (χ3v) is 3.79. The van der Waals surface area contributed by atoms with Crippen LogP contribution in [-0.2, 0) is 0 Å². The molecule has 5 nitrogen and oxygen atoms in total. The first kappa shape index (κ1) is 15.5. The zero-order valence-electron chi connectivity index (χ0n) is 13.2. The first-order valence-electron chi connectivity index (χ1n) is 7.27. The van der Waals surface area contributed by atoms with E-state index in [4.69, 9.17) is 16.3 Å². The van der Waals surface area contributed by atoms with Gasteiger partial charge in [0.05, 0.1) is 29.4 Å². The standard InChI is InChI=1S/C17H17ClN4O/c1-10(15-6-4-12(18)9-19-15)20-17-14-8-13(23-3)5-7-16(14)21-11(2)22-17/h4-10H,1-3H3,(H,20,21,22)/t10-/m0/s1. The van der Waals surface area contributed by atoms with Crippen LogP contribution in [0, 0.1) is 6.92 Å². The van der Waals surface area contributed by atoms with Crippen molar-refractivity contribution in [1.29, 1.82) is 0 Å². The molecule has 2 heterocycles. The van der Waals surface area contributed by atoms with Crippen LogP contribution in [-0.4, -0.2) is 22.1 Å². The summed E-state index contributed by atoms with van der Waals surface area (Å²) in [6.07, 6.45) is 1.64. The minimum absolute atomic E-state index is 0.0176. The number of hydrogen-bond acceptors (Lipinski definition) is 5. The van der Waals surface area contributed by atoms with E-state index >= 15 is 0 Å². The highest BCUT2D eigenvalue weighted by molar-refractivity contribution is 6.30. The molecule has 23 heavy (non-hydrogen) atoms. The molecule has 0 fully saturated rings. The van der Waals surface area contributed by atoms with Crippen LogP contribution in [0.3, 0.4) is 0 Å². The number of pyridine rings is 1. The second-order valence-corrected chi connectivity index (χ2v) is 5.71. The number of methoxy groups -OCH3 is 1. The molecule has 118 valence electrons. The summed E-state index contributed by atoms with van der Waals surface area (Å²) in [5, 5.41) is 4.93. The number of anilines is 1. The van der Waals surface area contributed by atoms with Gasteiger partial charge in [-0.05, 0) is 44.2 Å². The van der Waals surface area contributed by atoms with Gasteiger partial charge in [0.25, 0.3) is 0 Å². The number of benzene rings is 1. The van der Waals surface area contributed by atoms with Crippen molar-refractivity contribution in [2.45, 2.75) is 19.9 Å². The lowest BCUT2D eigenvalue weighted by atomic mass is 10.2. The van der Waals surface area contributed by atoms with Gasteiger partial charge in [-0.1, -0.05) is 11.6 Å². The summed E-state index contributed by atoms with van der Waals surface area (Å²) in [6.45, 7) is 3.90. The molecule has 0 unspecified atom stereocenters. The molecule has 0 aliphatic heterocycles. The largest absolute Gasteiger partial charge is 0.497 e. The van der Waals surface area contributed by atoms with E-state index in [1.54, 1.807) is 13.3 Å². The Bertz CT molecular complexity index is 836. The molecule has 6 heteroatoms. The summed E-state index contributed by atoms with van der Waals surface area (Å²) in [6, 6.07) is 9.46.